The van der Waals surface area contributed by atoms with Crippen LogP contribution in [0, 0.1) is 0 Å². The maximum absolute atomic E-state index is 11.1. The number of primary amides is 1. The molecule has 0 aromatic heterocycles. The van der Waals surface area contributed by atoms with E-state index < -0.39 is 12.0 Å². The van der Waals surface area contributed by atoms with Crippen LogP contribution in [0.3, 0.4) is 0 Å². The molecular weight excluding hydrogens is 206 g/mol. The van der Waals surface area contributed by atoms with Crippen LogP contribution in [0.4, 0.5) is 0 Å². The van der Waals surface area contributed by atoms with Crippen LogP contribution in [0.15, 0.2) is 24.3 Å². The topological polar surface area (TPSA) is 61.6 Å². The highest BCUT2D eigenvalue weighted by atomic mass is 16.5. The van der Waals surface area contributed by atoms with Gasteiger partial charge in [0.1, 0.15) is 11.9 Å². The lowest BCUT2D eigenvalue weighted by atomic mass is 9.95. The molecule has 4 heteroatoms. The standard InChI is InChI=1S/C12H17NO3/c1-8(11(16-3)12(13)14)9-4-6-10(15-2)7-5-9/h4-8,11H,1-3H3,(H2,13,14)/t8-,11?/m1/s1. The van der Waals surface area contributed by atoms with Crippen molar-refractivity contribution in [3.05, 3.63) is 29.8 Å². The second kappa shape index (κ2) is 5.51. The smallest absolute Gasteiger partial charge is 0.247 e. The molecule has 0 aliphatic carbocycles. The van der Waals surface area contributed by atoms with Crippen LogP contribution in [-0.2, 0) is 9.53 Å². The summed E-state index contributed by atoms with van der Waals surface area (Å²) >= 11 is 0. The van der Waals surface area contributed by atoms with Gasteiger partial charge in [-0.25, -0.2) is 0 Å². The van der Waals surface area contributed by atoms with Crippen molar-refractivity contribution in [2.75, 3.05) is 14.2 Å². The molecule has 2 atom stereocenters. The number of carbonyl (C=O) groups is 1. The first-order valence-electron chi connectivity index (χ1n) is 5.06. The van der Waals surface area contributed by atoms with Gasteiger partial charge in [-0.3, -0.25) is 4.79 Å². The first-order chi connectivity index (χ1) is 7.60. The highest BCUT2D eigenvalue weighted by Crippen LogP contribution is 2.23. The predicted molar refractivity (Wildman–Crippen MR) is 61.4 cm³/mol. The fourth-order valence-electron chi connectivity index (χ4n) is 1.65. The Morgan fingerprint density at radius 1 is 1.25 bits per heavy atom. The number of ether oxygens (including phenoxy) is 2. The minimum atomic E-state index is -0.603. The van der Waals surface area contributed by atoms with E-state index >= 15 is 0 Å². The van der Waals surface area contributed by atoms with E-state index in [1.165, 1.54) is 7.11 Å². The summed E-state index contributed by atoms with van der Waals surface area (Å²) in [5.74, 6) is 0.253. The molecule has 1 rings (SSSR count). The minimum Gasteiger partial charge on any atom is -0.497 e. The first kappa shape index (κ1) is 12.5. The summed E-state index contributed by atoms with van der Waals surface area (Å²) in [6, 6.07) is 7.50. The molecule has 0 aliphatic rings. The van der Waals surface area contributed by atoms with Crippen LogP contribution in [0.25, 0.3) is 0 Å². The molecule has 1 unspecified atom stereocenters. The van der Waals surface area contributed by atoms with Crippen molar-refractivity contribution in [2.24, 2.45) is 5.73 Å². The molecule has 16 heavy (non-hydrogen) atoms. The zero-order valence-corrected chi connectivity index (χ0v) is 9.77. The minimum absolute atomic E-state index is 0.0755. The second-order valence-electron chi connectivity index (χ2n) is 3.62. The predicted octanol–water partition coefficient (Wildman–Crippen LogP) is 1.30. The SMILES string of the molecule is COc1ccc([C@@H](C)C(OC)C(N)=O)cc1. The van der Waals surface area contributed by atoms with Crippen molar-refractivity contribution in [1.29, 1.82) is 0 Å². The Hall–Kier alpha value is -1.55. The Morgan fingerprint density at radius 2 is 1.81 bits per heavy atom. The third-order valence-electron chi connectivity index (χ3n) is 2.63. The van der Waals surface area contributed by atoms with Crippen LogP contribution in [0.5, 0.6) is 5.75 Å². The van der Waals surface area contributed by atoms with Gasteiger partial charge in [-0.2, -0.15) is 0 Å². The lowest BCUT2D eigenvalue weighted by Gasteiger charge is -2.20. The molecule has 0 aliphatic heterocycles. The van der Waals surface area contributed by atoms with Gasteiger partial charge in [0, 0.05) is 13.0 Å². The maximum atomic E-state index is 11.1. The largest absolute Gasteiger partial charge is 0.497 e. The summed E-state index contributed by atoms with van der Waals surface area (Å²) in [4.78, 5) is 11.1. The zero-order chi connectivity index (χ0) is 12.1. The van der Waals surface area contributed by atoms with Gasteiger partial charge in [0.15, 0.2) is 0 Å². The zero-order valence-electron chi connectivity index (χ0n) is 9.77. The lowest BCUT2D eigenvalue weighted by Crippen LogP contribution is -2.34. The van der Waals surface area contributed by atoms with Gasteiger partial charge >= 0.3 is 0 Å². The number of benzene rings is 1. The molecule has 88 valence electrons. The van der Waals surface area contributed by atoms with E-state index in [0.717, 1.165) is 11.3 Å². The normalized spacial score (nSPS) is 14.2. The molecule has 0 spiro atoms. The van der Waals surface area contributed by atoms with E-state index in [2.05, 4.69) is 0 Å². The van der Waals surface area contributed by atoms with E-state index in [4.69, 9.17) is 15.2 Å². The summed E-state index contributed by atoms with van der Waals surface area (Å²) in [7, 11) is 3.09. The molecule has 2 N–H and O–H groups in total. The molecule has 0 fully saturated rings. The third-order valence-corrected chi connectivity index (χ3v) is 2.63. The van der Waals surface area contributed by atoms with Gasteiger partial charge in [0.05, 0.1) is 7.11 Å². The maximum Gasteiger partial charge on any atom is 0.247 e. The van der Waals surface area contributed by atoms with Crippen molar-refractivity contribution < 1.29 is 14.3 Å². The highest BCUT2D eigenvalue weighted by molar-refractivity contribution is 5.80. The number of methoxy groups -OCH3 is 2. The van der Waals surface area contributed by atoms with Crippen LogP contribution in [0.2, 0.25) is 0 Å². The Labute approximate surface area is 95.3 Å². The number of amides is 1. The van der Waals surface area contributed by atoms with Gasteiger partial charge in [-0.1, -0.05) is 19.1 Å². The van der Waals surface area contributed by atoms with Gasteiger partial charge in [-0.05, 0) is 17.7 Å². The third kappa shape index (κ3) is 2.73. The summed E-state index contributed by atoms with van der Waals surface area (Å²) in [5.41, 5.74) is 6.25. The quantitative estimate of drug-likeness (QED) is 0.818. The molecule has 1 aromatic rings. The summed E-state index contributed by atoms with van der Waals surface area (Å²) in [6.45, 7) is 1.90. The van der Waals surface area contributed by atoms with E-state index in [1.807, 2.05) is 31.2 Å². The Kier molecular flexibility index (Phi) is 4.31. The Morgan fingerprint density at radius 3 is 2.19 bits per heavy atom. The average molecular weight is 223 g/mol. The molecule has 0 saturated heterocycles. The van der Waals surface area contributed by atoms with Gasteiger partial charge in [-0.15, -0.1) is 0 Å². The first-order valence-corrected chi connectivity index (χ1v) is 5.06. The van der Waals surface area contributed by atoms with E-state index in [9.17, 15) is 4.79 Å². The van der Waals surface area contributed by atoms with Crippen molar-refractivity contribution in [3.8, 4) is 5.75 Å². The molecule has 0 heterocycles. The van der Waals surface area contributed by atoms with Crippen LogP contribution >= 0.6 is 0 Å². The van der Waals surface area contributed by atoms with Gasteiger partial charge in [0.25, 0.3) is 0 Å². The summed E-state index contributed by atoms with van der Waals surface area (Å²) in [5, 5.41) is 0. The van der Waals surface area contributed by atoms with E-state index in [0.29, 0.717) is 0 Å². The van der Waals surface area contributed by atoms with Gasteiger partial charge in [0.2, 0.25) is 5.91 Å². The van der Waals surface area contributed by atoms with Crippen molar-refractivity contribution in [2.45, 2.75) is 18.9 Å². The van der Waals surface area contributed by atoms with Gasteiger partial charge < -0.3 is 15.2 Å². The second-order valence-corrected chi connectivity index (χ2v) is 3.62. The van der Waals surface area contributed by atoms with E-state index in [-0.39, 0.29) is 5.92 Å². The molecule has 4 nitrogen and oxygen atoms in total. The van der Waals surface area contributed by atoms with Crippen molar-refractivity contribution in [3.63, 3.8) is 0 Å². The van der Waals surface area contributed by atoms with Crippen LogP contribution < -0.4 is 10.5 Å². The monoisotopic (exact) mass is 223 g/mol. The molecule has 1 aromatic carbocycles. The fourth-order valence-corrected chi connectivity index (χ4v) is 1.65. The number of hydrogen-bond acceptors (Lipinski definition) is 3. The average Bonchev–Trinajstić information content (AvgIpc) is 2.29. The molecule has 1 amide bonds. The summed E-state index contributed by atoms with van der Waals surface area (Å²) in [6.07, 6.45) is -0.603. The van der Waals surface area contributed by atoms with Crippen molar-refractivity contribution >= 4 is 5.91 Å². The number of hydrogen-bond donors (Lipinski definition) is 1. The Bertz CT molecular complexity index is 348. The molecule has 0 bridgehead atoms. The number of nitrogens with two attached hydrogens (primary N) is 1. The molecule has 0 saturated carbocycles. The molecular formula is C12H17NO3. The number of rotatable bonds is 5. The fraction of sp³-hybridized carbons (Fsp3) is 0.417. The molecule has 0 radical (unpaired) electrons. The highest BCUT2D eigenvalue weighted by Gasteiger charge is 2.23. The van der Waals surface area contributed by atoms with E-state index in [1.54, 1.807) is 7.11 Å². The Balaban J connectivity index is 2.86. The van der Waals surface area contributed by atoms with Crippen LogP contribution in [-0.4, -0.2) is 26.2 Å². The van der Waals surface area contributed by atoms with Crippen LogP contribution in [0.1, 0.15) is 18.4 Å². The summed E-state index contributed by atoms with van der Waals surface area (Å²) < 4.78 is 10.1. The lowest BCUT2D eigenvalue weighted by molar-refractivity contribution is -0.128. The number of carbonyl (C=O) groups excluding carboxylic acids is 1. The van der Waals surface area contributed by atoms with Crippen molar-refractivity contribution in [1.82, 2.24) is 0 Å².